The van der Waals surface area contributed by atoms with E-state index in [1.54, 1.807) is 31.2 Å². The summed E-state index contributed by atoms with van der Waals surface area (Å²) in [5.74, 6) is -0.861. The Kier molecular flexibility index (Phi) is 5.70. The van der Waals surface area contributed by atoms with Crippen LogP contribution in [0, 0.1) is 0 Å². The van der Waals surface area contributed by atoms with Crippen molar-refractivity contribution in [2.24, 2.45) is 0 Å². The van der Waals surface area contributed by atoms with E-state index in [0.717, 1.165) is 10.5 Å². The summed E-state index contributed by atoms with van der Waals surface area (Å²) in [7, 11) is 0. The van der Waals surface area contributed by atoms with E-state index < -0.39 is 29.4 Å². The Morgan fingerprint density at radius 3 is 2.57 bits per heavy atom. The number of carbonyl (C=O) groups excluding carboxylic acids is 3. The first-order chi connectivity index (χ1) is 13.3. The lowest BCUT2D eigenvalue weighted by Gasteiger charge is -2.24. The van der Waals surface area contributed by atoms with E-state index in [0.29, 0.717) is 23.6 Å². The predicted octanol–water partition coefficient (Wildman–Crippen LogP) is 3.61. The van der Waals surface area contributed by atoms with E-state index >= 15 is 0 Å². The Morgan fingerprint density at radius 1 is 1.18 bits per heavy atom. The molecule has 1 fully saturated rings. The summed E-state index contributed by atoms with van der Waals surface area (Å²) in [6.07, 6.45) is 1.08. The molecule has 2 N–H and O–H groups in total. The second-order valence-corrected chi connectivity index (χ2v) is 7.54. The number of nitrogens with zero attached hydrogens (tertiary/aromatic N) is 1. The summed E-state index contributed by atoms with van der Waals surface area (Å²) in [5.41, 5.74) is 0.538. The maximum Gasteiger partial charge on any atom is 0.325 e. The summed E-state index contributed by atoms with van der Waals surface area (Å²) in [5, 5.41) is 5.91. The van der Waals surface area contributed by atoms with Gasteiger partial charge in [-0.25, -0.2) is 9.69 Å². The van der Waals surface area contributed by atoms with Gasteiger partial charge in [0.15, 0.2) is 0 Å². The minimum absolute atomic E-state index is 0.401. The molecule has 0 bridgehead atoms. The molecule has 0 unspecified atom stereocenters. The van der Waals surface area contributed by atoms with Crippen molar-refractivity contribution in [2.45, 2.75) is 38.3 Å². The highest BCUT2D eigenvalue weighted by atomic mass is 35.5. The van der Waals surface area contributed by atoms with Crippen LogP contribution in [0.3, 0.4) is 0 Å². The molecular formula is C21H22ClN3O3. The van der Waals surface area contributed by atoms with Crippen LogP contribution in [-0.4, -0.2) is 34.3 Å². The minimum atomic E-state index is -1.04. The summed E-state index contributed by atoms with van der Waals surface area (Å²) in [6.45, 7) is 3.22. The average Bonchev–Trinajstić information content (AvgIpc) is 2.89. The molecular weight excluding hydrogens is 378 g/mol. The first-order valence-electron chi connectivity index (χ1n) is 9.06. The molecule has 1 aliphatic rings. The van der Waals surface area contributed by atoms with Crippen LogP contribution in [-0.2, 0) is 16.0 Å². The van der Waals surface area contributed by atoms with Crippen LogP contribution in [0.2, 0.25) is 5.02 Å². The van der Waals surface area contributed by atoms with Crippen LogP contribution in [0.4, 0.5) is 10.5 Å². The van der Waals surface area contributed by atoms with Crippen molar-refractivity contribution in [3.8, 4) is 0 Å². The zero-order valence-corrected chi connectivity index (χ0v) is 16.5. The Morgan fingerprint density at radius 2 is 1.89 bits per heavy atom. The number of nitrogens with one attached hydrogen (secondary N) is 2. The SMILES string of the molecule is C[C@@H](C(=O)Nc1cccc(Cl)c1)N1C(=O)N[C@](C)(CCc2ccccc2)C1=O. The maximum absolute atomic E-state index is 13.0. The van der Waals surface area contributed by atoms with Gasteiger partial charge in [-0.15, -0.1) is 0 Å². The number of urea groups is 1. The zero-order chi connectivity index (χ0) is 20.3. The Balaban J connectivity index is 1.68. The normalized spacial score (nSPS) is 20.0. The van der Waals surface area contributed by atoms with E-state index in [1.807, 2.05) is 30.3 Å². The molecule has 0 aliphatic carbocycles. The number of anilines is 1. The molecule has 0 saturated carbocycles. The fourth-order valence-corrected chi connectivity index (χ4v) is 3.39. The number of imide groups is 1. The van der Waals surface area contributed by atoms with Crippen molar-refractivity contribution in [3.63, 3.8) is 0 Å². The lowest BCUT2D eigenvalue weighted by Crippen LogP contribution is -2.48. The number of hydrogen-bond acceptors (Lipinski definition) is 3. The van der Waals surface area contributed by atoms with E-state index in [-0.39, 0.29) is 0 Å². The second kappa shape index (κ2) is 8.02. The quantitative estimate of drug-likeness (QED) is 0.728. The molecule has 28 heavy (non-hydrogen) atoms. The van der Waals surface area contributed by atoms with E-state index in [4.69, 9.17) is 11.6 Å². The van der Waals surface area contributed by atoms with Gasteiger partial charge < -0.3 is 10.6 Å². The molecule has 0 spiro atoms. The van der Waals surface area contributed by atoms with Crippen LogP contribution >= 0.6 is 11.6 Å². The third-order valence-corrected chi connectivity index (χ3v) is 5.14. The molecule has 7 heteroatoms. The van der Waals surface area contributed by atoms with Crippen LogP contribution in [0.25, 0.3) is 0 Å². The van der Waals surface area contributed by atoms with Gasteiger partial charge >= 0.3 is 6.03 Å². The number of aryl methyl sites for hydroxylation is 1. The molecule has 1 saturated heterocycles. The highest BCUT2D eigenvalue weighted by molar-refractivity contribution is 6.30. The molecule has 0 radical (unpaired) electrons. The van der Waals surface area contributed by atoms with E-state index in [1.165, 1.54) is 6.92 Å². The van der Waals surface area contributed by atoms with Crippen molar-refractivity contribution in [3.05, 3.63) is 65.2 Å². The minimum Gasteiger partial charge on any atom is -0.324 e. The summed E-state index contributed by atoms with van der Waals surface area (Å²) in [4.78, 5) is 39.0. The topological polar surface area (TPSA) is 78.5 Å². The van der Waals surface area contributed by atoms with Gasteiger partial charge in [0.1, 0.15) is 11.6 Å². The van der Waals surface area contributed by atoms with Crippen molar-refractivity contribution < 1.29 is 14.4 Å². The smallest absolute Gasteiger partial charge is 0.324 e. The molecule has 4 amide bonds. The molecule has 6 nitrogen and oxygen atoms in total. The number of hydrogen-bond donors (Lipinski definition) is 2. The standard InChI is InChI=1S/C21H22ClN3O3/c1-14(18(26)23-17-10-6-9-16(22)13-17)25-19(27)21(2,24-20(25)28)12-11-15-7-4-3-5-8-15/h3-10,13-14H,11-12H2,1-2H3,(H,23,26)(H,24,28)/t14-,21+/m0/s1. The fourth-order valence-electron chi connectivity index (χ4n) is 3.20. The number of carbonyl (C=O) groups is 3. The zero-order valence-electron chi connectivity index (χ0n) is 15.7. The molecule has 2 atom stereocenters. The largest absolute Gasteiger partial charge is 0.325 e. The van der Waals surface area contributed by atoms with Crippen LogP contribution < -0.4 is 10.6 Å². The van der Waals surface area contributed by atoms with Gasteiger partial charge in [0.2, 0.25) is 5.91 Å². The molecule has 2 aromatic carbocycles. The van der Waals surface area contributed by atoms with Gasteiger partial charge in [0, 0.05) is 10.7 Å². The van der Waals surface area contributed by atoms with Gasteiger partial charge in [-0.3, -0.25) is 9.59 Å². The third kappa shape index (κ3) is 4.17. The lowest BCUT2D eigenvalue weighted by atomic mass is 9.93. The van der Waals surface area contributed by atoms with Gasteiger partial charge in [0.25, 0.3) is 5.91 Å². The highest BCUT2D eigenvalue weighted by Gasteiger charge is 2.50. The monoisotopic (exact) mass is 399 g/mol. The third-order valence-electron chi connectivity index (χ3n) is 4.91. The molecule has 1 heterocycles. The highest BCUT2D eigenvalue weighted by Crippen LogP contribution is 2.25. The second-order valence-electron chi connectivity index (χ2n) is 7.10. The maximum atomic E-state index is 13.0. The van der Waals surface area contributed by atoms with E-state index in [9.17, 15) is 14.4 Å². The first kappa shape index (κ1) is 19.9. The molecule has 3 rings (SSSR count). The molecule has 2 aromatic rings. The fraction of sp³-hybridized carbons (Fsp3) is 0.286. The van der Waals surface area contributed by atoms with Crippen molar-refractivity contribution in [1.82, 2.24) is 10.2 Å². The van der Waals surface area contributed by atoms with Crippen molar-refractivity contribution in [1.29, 1.82) is 0 Å². The molecule has 1 aliphatic heterocycles. The van der Waals surface area contributed by atoms with Crippen molar-refractivity contribution in [2.75, 3.05) is 5.32 Å². The number of benzene rings is 2. The number of amides is 4. The summed E-state index contributed by atoms with van der Waals surface area (Å²) in [6, 6.07) is 14.9. The first-order valence-corrected chi connectivity index (χ1v) is 9.44. The Hall–Kier alpha value is -2.86. The number of halogens is 1. The van der Waals surface area contributed by atoms with Gasteiger partial charge in [0.05, 0.1) is 0 Å². The van der Waals surface area contributed by atoms with E-state index in [2.05, 4.69) is 10.6 Å². The van der Waals surface area contributed by atoms with Crippen LogP contribution in [0.5, 0.6) is 0 Å². The molecule has 146 valence electrons. The van der Waals surface area contributed by atoms with Crippen LogP contribution in [0.15, 0.2) is 54.6 Å². The lowest BCUT2D eigenvalue weighted by molar-refractivity contribution is -0.136. The summed E-state index contributed by atoms with van der Waals surface area (Å²) >= 11 is 5.92. The number of rotatable bonds is 6. The van der Waals surface area contributed by atoms with Gasteiger partial charge in [-0.05, 0) is 50.5 Å². The van der Waals surface area contributed by atoms with Crippen LogP contribution in [0.1, 0.15) is 25.8 Å². The average molecular weight is 400 g/mol. The predicted molar refractivity (Wildman–Crippen MR) is 108 cm³/mol. The van der Waals surface area contributed by atoms with Gasteiger partial charge in [-0.2, -0.15) is 0 Å². The van der Waals surface area contributed by atoms with Crippen molar-refractivity contribution >= 4 is 35.1 Å². The van der Waals surface area contributed by atoms with Gasteiger partial charge in [-0.1, -0.05) is 48.0 Å². The molecule has 0 aromatic heterocycles. The summed E-state index contributed by atoms with van der Waals surface area (Å²) < 4.78 is 0. The Labute approximate surface area is 168 Å². The Bertz CT molecular complexity index is 903.